The van der Waals surface area contributed by atoms with Crippen molar-refractivity contribution in [1.82, 2.24) is 15.2 Å². The summed E-state index contributed by atoms with van der Waals surface area (Å²) in [6.07, 6.45) is 2.98. The predicted molar refractivity (Wildman–Crippen MR) is 75.8 cm³/mol. The number of nitrogens with zero attached hydrogens (tertiary/aromatic N) is 2. The maximum atomic E-state index is 11.9. The van der Waals surface area contributed by atoms with E-state index < -0.39 is 0 Å². The van der Waals surface area contributed by atoms with Gasteiger partial charge in [-0.1, -0.05) is 11.8 Å². The van der Waals surface area contributed by atoms with Crippen molar-refractivity contribution in [3.8, 4) is 11.8 Å². The van der Waals surface area contributed by atoms with E-state index in [0.29, 0.717) is 17.7 Å². The van der Waals surface area contributed by atoms with E-state index in [9.17, 15) is 9.59 Å². The molecule has 0 unspecified atom stereocenters. The molecule has 0 fully saturated rings. The summed E-state index contributed by atoms with van der Waals surface area (Å²) in [4.78, 5) is 28.9. The number of pyridine rings is 1. The third kappa shape index (κ3) is 4.71. The summed E-state index contributed by atoms with van der Waals surface area (Å²) in [5, 5.41) is 2.55. The van der Waals surface area contributed by atoms with Crippen LogP contribution < -0.4 is 11.1 Å². The van der Waals surface area contributed by atoms with Gasteiger partial charge in [0.15, 0.2) is 0 Å². The number of nitrogens with two attached hydrogens (primary N) is 1. The van der Waals surface area contributed by atoms with Crippen LogP contribution in [-0.4, -0.2) is 48.4 Å². The van der Waals surface area contributed by atoms with Crippen molar-refractivity contribution in [2.24, 2.45) is 5.73 Å². The lowest BCUT2D eigenvalue weighted by Gasteiger charge is -2.14. The Kier molecular flexibility index (Phi) is 6.20. The molecule has 1 aromatic heterocycles. The van der Waals surface area contributed by atoms with Gasteiger partial charge < -0.3 is 16.0 Å². The van der Waals surface area contributed by atoms with Crippen molar-refractivity contribution < 1.29 is 9.59 Å². The SMILES string of the molecule is CCN(C)C(=O)CNC(=O)c1cncc(C#CCN)c1. The van der Waals surface area contributed by atoms with Crippen LogP contribution in [0.25, 0.3) is 0 Å². The highest BCUT2D eigenvalue weighted by molar-refractivity contribution is 5.96. The van der Waals surface area contributed by atoms with Crippen molar-refractivity contribution in [1.29, 1.82) is 0 Å². The first kappa shape index (κ1) is 15.7. The second-order valence-corrected chi connectivity index (χ2v) is 4.06. The Balaban J connectivity index is 2.66. The third-order valence-electron chi connectivity index (χ3n) is 2.64. The Morgan fingerprint density at radius 1 is 1.45 bits per heavy atom. The predicted octanol–water partition coefficient (Wildman–Crippen LogP) is -0.400. The van der Waals surface area contributed by atoms with Gasteiger partial charge in [-0.15, -0.1) is 0 Å². The van der Waals surface area contributed by atoms with Gasteiger partial charge in [-0.2, -0.15) is 0 Å². The fourth-order valence-electron chi connectivity index (χ4n) is 1.35. The number of hydrogen-bond acceptors (Lipinski definition) is 4. The second kappa shape index (κ2) is 7.92. The van der Waals surface area contributed by atoms with Crippen molar-refractivity contribution in [2.75, 3.05) is 26.7 Å². The molecule has 0 aromatic carbocycles. The third-order valence-corrected chi connectivity index (χ3v) is 2.64. The van der Waals surface area contributed by atoms with E-state index in [0.717, 1.165) is 0 Å². The average molecular weight is 274 g/mol. The molecule has 0 spiro atoms. The summed E-state index contributed by atoms with van der Waals surface area (Å²) in [5.41, 5.74) is 6.25. The zero-order chi connectivity index (χ0) is 15.0. The van der Waals surface area contributed by atoms with E-state index in [2.05, 4.69) is 22.1 Å². The lowest BCUT2D eigenvalue weighted by atomic mass is 10.2. The number of carbonyl (C=O) groups is 2. The van der Waals surface area contributed by atoms with E-state index in [-0.39, 0.29) is 24.9 Å². The van der Waals surface area contributed by atoms with Crippen LogP contribution in [0.4, 0.5) is 0 Å². The van der Waals surface area contributed by atoms with Crippen LogP contribution in [0.5, 0.6) is 0 Å². The van der Waals surface area contributed by atoms with Crippen molar-refractivity contribution in [3.05, 3.63) is 29.6 Å². The first-order valence-electron chi connectivity index (χ1n) is 6.24. The van der Waals surface area contributed by atoms with Crippen molar-refractivity contribution in [3.63, 3.8) is 0 Å². The number of rotatable bonds is 4. The van der Waals surface area contributed by atoms with E-state index in [1.807, 2.05) is 6.92 Å². The minimum absolute atomic E-state index is 0.0398. The van der Waals surface area contributed by atoms with E-state index in [1.54, 1.807) is 19.3 Å². The number of carbonyl (C=O) groups excluding carboxylic acids is 2. The van der Waals surface area contributed by atoms with Gasteiger partial charge in [0, 0.05) is 31.5 Å². The lowest BCUT2D eigenvalue weighted by Crippen LogP contribution is -2.38. The largest absolute Gasteiger partial charge is 0.345 e. The van der Waals surface area contributed by atoms with Gasteiger partial charge >= 0.3 is 0 Å². The molecule has 1 heterocycles. The molecule has 0 aliphatic carbocycles. The standard InChI is InChI=1S/C14H18N4O2/c1-3-18(2)13(19)10-17-14(20)12-7-11(5-4-6-15)8-16-9-12/h7-9H,3,6,10,15H2,1-2H3,(H,17,20). The van der Waals surface area contributed by atoms with Crippen molar-refractivity contribution in [2.45, 2.75) is 6.92 Å². The maximum absolute atomic E-state index is 11.9. The molecule has 3 N–H and O–H groups in total. The van der Waals surface area contributed by atoms with Crippen LogP contribution in [0.3, 0.4) is 0 Å². The molecule has 2 amide bonds. The summed E-state index contributed by atoms with van der Waals surface area (Å²) in [6, 6.07) is 1.61. The zero-order valence-corrected chi connectivity index (χ0v) is 11.6. The Morgan fingerprint density at radius 3 is 2.85 bits per heavy atom. The van der Waals surface area contributed by atoms with Crippen LogP contribution in [0, 0.1) is 11.8 Å². The van der Waals surface area contributed by atoms with E-state index in [1.165, 1.54) is 11.1 Å². The van der Waals surface area contributed by atoms with Crippen LogP contribution >= 0.6 is 0 Å². The molecule has 1 rings (SSSR count). The second-order valence-electron chi connectivity index (χ2n) is 4.06. The molecule has 0 radical (unpaired) electrons. The number of nitrogens with one attached hydrogen (secondary N) is 1. The van der Waals surface area contributed by atoms with Crippen LogP contribution in [0.2, 0.25) is 0 Å². The van der Waals surface area contributed by atoms with Crippen LogP contribution in [0.15, 0.2) is 18.5 Å². The van der Waals surface area contributed by atoms with Crippen molar-refractivity contribution >= 4 is 11.8 Å². The summed E-state index contributed by atoms with van der Waals surface area (Å²) < 4.78 is 0. The number of hydrogen-bond donors (Lipinski definition) is 2. The van der Waals surface area contributed by atoms with Gasteiger partial charge in [-0.25, -0.2) is 0 Å². The molecule has 0 saturated heterocycles. The topological polar surface area (TPSA) is 88.3 Å². The molecule has 0 aliphatic rings. The van der Waals surface area contributed by atoms with Gasteiger partial charge in [0.25, 0.3) is 5.91 Å². The maximum Gasteiger partial charge on any atom is 0.253 e. The molecule has 20 heavy (non-hydrogen) atoms. The summed E-state index contributed by atoms with van der Waals surface area (Å²) >= 11 is 0. The van der Waals surface area contributed by atoms with Gasteiger partial charge in [0.05, 0.1) is 18.7 Å². The first-order chi connectivity index (χ1) is 9.58. The zero-order valence-electron chi connectivity index (χ0n) is 11.6. The van der Waals surface area contributed by atoms with Gasteiger partial charge in [0.1, 0.15) is 0 Å². The molecule has 6 heteroatoms. The highest BCUT2D eigenvalue weighted by Crippen LogP contribution is 2.01. The van der Waals surface area contributed by atoms with Crippen LogP contribution in [0.1, 0.15) is 22.8 Å². The van der Waals surface area contributed by atoms with Gasteiger partial charge in [-0.05, 0) is 13.0 Å². The summed E-state index contributed by atoms with van der Waals surface area (Å²) in [7, 11) is 1.68. The van der Waals surface area contributed by atoms with Gasteiger partial charge in [-0.3, -0.25) is 14.6 Å². The molecular weight excluding hydrogens is 256 g/mol. The first-order valence-corrected chi connectivity index (χ1v) is 6.24. The molecular formula is C14H18N4O2. The Morgan fingerprint density at radius 2 is 2.20 bits per heavy atom. The quantitative estimate of drug-likeness (QED) is 0.731. The number of aromatic nitrogens is 1. The minimum atomic E-state index is -0.355. The fraction of sp³-hybridized carbons (Fsp3) is 0.357. The molecule has 0 atom stereocenters. The molecule has 1 aromatic rings. The monoisotopic (exact) mass is 274 g/mol. The normalized spacial score (nSPS) is 9.35. The molecule has 106 valence electrons. The summed E-state index contributed by atoms with van der Waals surface area (Å²) in [6.45, 7) is 2.67. The average Bonchev–Trinajstić information content (AvgIpc) is 2.49. The summed E-state index contributed by atoms with van der Waals surface area (Å²) in [5.74, 6) is 4.99. The number of likely N-dealkylation sites (N-methyl/N-ethyl adjacent to an activating group) is 1. The van der Waals surface area contributed by atoms with E-state index in [4.69, 9.17) is 5.73 Å². The van der Waals surface area contributed by atoms with Gasteiger partial charge in [0.2, 0.25) is 5.91 Å². The lowest BCUT2D eigenvalue weighted by molar-refractivity contribution is -0.128. The van der Waals surface area contributed by atoms with E-state index >= 15 is 0 Å². The highest BCUT2D eigenvalue weighted by Gasteiger charge is 2.10. The molecule has 0 saturated carbocycles. The Hall–Kier alpha value is -2.39. The fourth-order valence-corrected chi connectivity index (χ4v) is 1.35. The molecule has 6 nitrogen and oxygen atoms in total. The molecule has 0 aliphatic heterocycles. The highest BCUT2D eigenvalue weighted by atomic mass is 16.2. The minimum Gasteiger partial charge on any atom is -0.345 e. The Bertz CT molecular complexity index is 546. The smallest absolute Gasteiger partial charge is 0.253 e. The molecule has 0 bridgehead atoms. The number of amides is 2. The Labute approximate surface area is 118 Å². The van der Waals surface area contributed by atoms with Crippen LogP contribution in [-0.2, 0) is 4.79 Å².